The lowest BCUT2D eigenvalue weighted by atomic mass is 10.2. The van der Waals surface area contributed by atoms with E-state index >= 15 is 0 Å². The number of rotatable bonds is 6. The minimum absolute atomic E-state index is 0.00705. The molecule has 0 aromatic heterocycles. The molecule has 0 radical (unpaired) electrons. The number of sulfone groups is 1. The first-order valence-electron chi connectivity index (χ1n) is 7.10. The number of hydrogen-bond donors (Lipinski definition) is 0. The fourth-order valence-corrected chi connectivity index (χ4v) is 2.98. The van der Waals surface area contributed by atoms with E-state index in [4.69, 9.17) is 9.47 Å². The van der Waals surface area contributed by atoms with Gasteiger partial charge in [-0.2, -0.15) is 0 Å². The van der Waals surface area contributed by atoms with Crippen molar-refractivity contribution in [2.24, 2.45) is 0 Å². The molecule has 0 spiro atoms. The Morgan fingerprint density at radius 2 is 1.70 bits per heavy atom. The summed E-state index contributed by atoms with van der Waals surface area (Å²) in [4.78, 5) is 12.2. The van der Waals surface area contributed by atoms with Gasteiger partial charge < -0.3 is 9.47 Å². The normalized spacial score (nSPS) is 11.0. The van der Waals surface area contributed by atoms with Crippen LogP contribution in [-0.4, -0.2) is 27.2 Å². The van der Waals surface area contributed by atoms with Crippen LogP contribution in [0.3, 0.4) is 0 Å². The zero-order chi connectivity index (χ0) is 16.9. The van der Waals surface area contributed by atoms with Gasteiger partial charge in [0.2, 0.25) is 0 Å². The van der Waals surface area contributed by atoms with Crippen molar-refractivity contribution in [3.05, 3.63) is 59.7 Å². The first-order valence-corrected chi connectivity index (χ1v) is 8.99. The quantitative estimate of drug-likeness (QED) is 0.760. The number of benzene rings is 2. The van der Waals surface area contributed by atoms with Crippen LogP contribution in [0.15, 0.2) is 53.4 Å². The minimum atomic E-state index is -3.50. The van der Waals surface area contributed by atoms with Crippen LogP contribution in [0.2, 0.25) is 0 Å². The number of para-hydroxylation sites is 1. The predicted molar refractivity (Wildman–Crippen MR) is 86.3 cm³/mol. The van der Waals surface area contributed by atoms with E-state index in [0.29, 0.717) is 12.4 Å². The fraction of sp³-hybridized carbons (Fsp3) is 0.235. The van der Waals surface area contributed by atoms with Crippen LogP contribution in [0, 0.1) is 0 Å². The van der Waals surface area contributed by atoms with Gasteiger partial charge >= 0.3 is 5.97 Å². The maximum atomic E-state index is 12.2. The fourth-order valence-electron chi connectivity index (χ4n) is 2.10. The number of esters is 1. The summed E-state index contributed by atoms with van der Waals surface area (Å²) in [5, 5.41) is 0. The van der Waals surface area contributed by atoms with Gasteiger partial charge in [-0.1, -0.05) is 30.3 Å². The second kappa shape index (κ2) is 7.28. The molecule has 0 aliphatic heterocycles. The molecule has 0 aliphatic carbocycles. The zero-order valence-electron chi connectivity index (χ0n) is 13.0. The van der Waals surface area contributed by atoms with Crippen molar-refractivity contribution in [3.8, 4) is 5.75 Å². The maximum absolute atomic E-state index is 12.2. The lowest BCUT2D eigenvalue weighted by molar-refractivity contribution is 0.0465. The van der Waals surface area contributed by atoms with E-state index in [-0.39, 0.29) is 17.1 Å². The molecule has 122 valence electrons. The van der Waals surface area contributed by atoms with Crippen molar-refractivity contribution in [1.82, 2.24) is 0 Å². The first kappa shape index (κ1) is 17.0. The molecule has 0 aliphatic rings. The Bertz CT molecular complexity index is 796. The van der Waals surface area contributed by atoms with E-state index in [1.807, 2.05) is 19.1 Å². The molecule has 0 bridgehead atoms. The molecular formula is C17H18O5S. The predicted octanol–water partition coefficient (Wildman–Crippen LogP) is 2.85. The third kappa shape index (κ3) is 4.32. The van der Waals surface area contributed by atoms with Gasteiger partial charge in [-0.25, -0.2) is 13.2 Å². The average Bonchev–Trinajstić information content (AvgIpc) is 2.53. The van der Waals surface area contributed by atoms with Gasteiger partial charge in [0.15, 0.2) is 9.84 Å². The number of ether oxygens (including phenoxy) is 2. The molecule has 0 atom stereocenters. The summed E-state index contributed by atoms with van der Waals surface area (Å²) < 4.78 is 34.2. The van der Waals surface area contributed by atoms with Crippen LogP contribution in [0.4, 0.5) is 0 Å². The van der Waals surface area contributed by atoms with Gasteiger partial charge in [-0.3, -0.25) is 0 Å². The summed E-state index contributed by atoms with van der Waals surface area (Å²) in [5.74, 6) is -0.0449. The summed E-state index contributed by atoms with van der Waals surface area (Å²) in [6, 6.07) is 13.2. The van der Waals surface area contributed by atoms with Crippen molar-refractivity contribution < 1.29 is 22.7 Å². The second-order valence-corrected chi connectivity index (χ2v) is 6.87. The average molecular weight is 334 g/mol. The molecule has 5 nitrogen and oxygen atoms in total. The van der Waals surface area contributed by atoms with E-state index in [0.717, 1.165) is 11.8 Å². The summed E-state index contributed by atoms with van der Waals surface area (Å²) in [6.07, 6.45) is 1.06. The monoisotopic (exact) mass is 334 g/mol. The topological polar surface area (TPSA) is 69.7 Å². The highest BCUT2D eigenvalue weighted by Gasteiger charge is 2.19. The van der Waals surface area contributed by atoms with Crippen LogP contribution in [-0.2, 0) is 21.2 Å². The molecule has 0 amide bonds. The highest BCUT2D eigenvalue weighted by molar-refractivity contribution is 7.90. The van der Waals surface area contributed by atoms with E-state index in [2.05, 4.69) is 0 Å². The zero-order valence-corrected chi connectivity index (χ0v) is 13.8. The lowest BCUT2D eigenvalue weighted by Crippen LogP contribution is -2.11. The third-order valence-corrected chi connectivity index (χ3v) is 4.29. The minimum Gasteiger partial charge on any atom is -0.493 e. The van der Waals surface area contributed by atoms with Gasteiger partial charge in [-0.15, -0.1) is 0 Å². The Morgan fingerprint density at radius 1 is 1.04 bits per heavy atom. The summed E-state index contributed by atoms with van der Waals surface area (Å²) in [6.45, 7) is 2.38. The van der Waals surface area contributed by atoms with E-state index in [1.54, 1.807) is 24.3 Å². The highest BCUT2D eigenvalue weighted by atomic mass is 32.2. The van der Waals surface area contributed by atoms with Crippen molar-refractivity contribution in [1.29, 1.82) is 0 Å². The van der Waals surface area contributed by atoms with Crippen LogP contribution in [0.25, 0.3) is 0 Å². The van der Waals surface area contributed by atoms with Crippen LogP contribution in [0.1, 0.15) is 22.8 Å². The van der Waals surface area contributed by atoms with Gasteiger partial charge in [0.1, 0.15) is 12.4 Å². The number of carbonyl (C=O) groups excluding carboxylic acids is 1. The molecule has 0 fully saturated rings. The maximum Gasteiger partial charge on any atom is 0.339 e. The molecule has 0 saturated carbocycles. The number of hydrogen-bond acceptors (Lipinski definition) is 5. The van der Waals surface area contributed by atoms with E-state index in [9.17, 15) is 13.2 Å². The Hall–Kier alpha value is -2.34. The molecule has 2 aromatic carbocycles. The van der Waals surface area contributed by atoms with Crippen LogP contribution < -0.4 is 4.74 Å². The van der Waals surface area contributed by atoms with Gasteiger partial charge in [-0.05, 0) is 25.1 Å². The standard InChI is InChI=1S/C17H18O5S/c1-3-21-15-10-6-4-8-13(15)12-22-17(18)14-9-5-7-11-16(14)23(2,19)20/h4-11H,3,12H2,1-2H3. The number of carbonyl (C=O) groups is 1. The molecule has 6 heteroatoms. The van der Waals surface area contributed by atoms with Gasteiger partial charge in [0.05, 0.1) is 17.1 Å². The Kier molecular flexibility index (Phi) is 5.39. The van der Waals surface area contributed by atoms with Crippen molar-refractivity contribution in [2.45, 2.75) is 18.4 Å². The highest BCUT2D eigenvalue weighted by Crippen LogP contribution is 2.21. The molecule has 2 aromatic rings. The Balaban J connectivity index is 2.19. The van der Waals surface area contributed by atoms with Crippen LogP contribution >= 0.6 is 0 Å². The molecular weight excluding hydrogens is 316 g/mol. The molecule has 0 saturated heterocycles. The smallest absolute Gasteiger partial charge is 0.339 e. The largest absolute Gasteiger partial charge is 0.493 e. The van der Waals surface area contributed by atoms with Gasteiger partial charge in [0, 0.05) is 11.8 Å². The van der Waals surface area contributed by atoms with E-state index in [1.165, 1.54) is 12.1 Å². The second-order valence-electron chi connectivity index (χ2n) is 4.89. The lowest BCUT2D eigenvalue weighted by Gasteiger charge is -2.11. The first-order chi connectivity index (χ1) is 10.9. The van der Waals surface area contributed by atoms with Crippen molar-refractivity contribution >= 4 is 15.8 Å². The van der Waals surface area contributed by atoms with Crippen molar-refractivity contribution in [3.63, 3.8) is 0 Å². The Morgan fingerprint density at radius 3 is 2.39 bits per heavy atom. The molecule has 23 heavy (non-hydrogen) atoms. The summed E-state index contributed by atoms with van der Waals surface area (Å²) in [5.41, 5.74) is 0.753. The van der Waals surface area contributed by atoms with Gasteiger partial charge in [0.25, 0.3) is 0 Å². The Labute approximate surface area is 135 Å². The molecule has 2 rings (SSSR count). The van der Waals surface area contributed by atoms with Crippen LogP contribution in [0.5, 0.6) is 5.75 Å². The third-order valence-electron chi connectivity index (χ3n) is 3.14. The molecule has 0 N–H and O–H groups in total. The molecule has 0 heterocycles. The molecule has 0 unspecified atom stereocenters. The summed E-state index contributed by atoms with van der Waals surface area (Å²) in [7, 11) is -3.50. The van der Waals surface area contributed by atoms with E-state index < -0.39 is 15.8 Å². The summed E-state index contributed by atoms with van der Waals surface area (Å²) >= 11 is 0. The van der Waals surface area contributed by atoms with Crippen molar-refractivity contribution in [2.75, 3.05) is 12.9 Å². The SMILES string of the molecule is CCOc1ccccc1COC(=O)c1ccccc1S(C)(=O)=O.